The lowest BCUT2D eigenvalue weighted by Crippen LogP contribution is -2.23. The van der Waals surface area contributed by atoms with Crippen molar-refractivity contribution >= 4 is 35.2 Å². The Morgan fingerprint density at radius 1 is 0.903 bits per heavy atom. The number of ether oxygens (including phenoxy) is 3. The third-order valence-corrected chi connectivity index (χ3v) is 4.32. The lowest BCUT2D eigenvalue weighted by atomic mass is 10.2. The van der Waals surface area contributed by atoms with Gasteiger partial charge in [0.1, 0.15) is 11.3 Å². The van der Waals surface area contributed by atoms with E-state index in [0.717, 1.165) is 11.3 Å². The van der Waals surface area contributed by atoms with E-state index >= 15 is 0 Å². The fourth-order valence-electron chi connectivity index (χ4n) is 2.66. The van der Waals surface area contributed by atoms with Gasteiger partial charge < -0.3 is 19.5 Å². The van der Waals surface area contributed by atoms with Gasteiger partial charge in [0, 0.05) is 5.69 Å². The molecule has 3 aromatic rings. The second-order valence-corrected chi connectivity index (χ2v) is 6.60. The number of carbonyl (C=O) groups excluding carboxylic acids is 1. The molecule has 0 aliphatic rings. The molecule has 0 bridgehead atoms. The van der Waals surface area contributed by atoms with Crippen molar-refractivity contribution < 1.29 is 19.0 Å². The van der Waals surface area contributed by atoms with Gasteiger partial charge in [-0.05, 0) is 60.2 Å². The number of carbonyl (C=O) groups is 1. The average molecular weight is 436 g/mol. The number of rotatable bonds is 7. The van der Waals surface area contributed by atoms with Crippen LogP contribution in [0.15, 0.2) is 77.9 Å². The number of thiocarbonyl (C=S) groups is 1. The fraction of sp³-hybridized carbons (Fsp3) is 0.0870. The van der Waals surface area contributed by atoms with Gasteiger partial charge >= 0.3 is 5.97 Å². The lowest BCUT2D eigenvalue weighted by Gasteiger charge is -2.11. The summed E-state index contributed by atoms with van der Waals surface area (Å²) in [5.41, 5.74) is 4.65. The number of nitrogens with zero attached hydrogens (tertiary/aromatic N) is 1. The molecule has 0 saturated heterocycles. The minimum Gasteiger partial charge on any atom is -0.496 e. The summed E-state index contributed by atoms with van der Waals surface area (Å²) in [6.07, 6.45) is 1.58. The zero-order chi connectivity index (χ0) is 22.1. The molecule has 2 N–H and O–H groups in total. The first-order chi connectivity index (χ1) is 15.1. The van der Waals surface area contributed by atoms with Gasteiger partial charge in [0.25, 0.3) is 0 Å². The zero-order valence-corrected chi connectivity index (χ0v) is 17.8. The fourth-order valence-corrected chi connectivity index (χ4v) is 2.83. The van der Waals surface area contributed by atoms with Crippen molar-refractivity contribution in [2.24, 2.45) is 5.10 Å². The van der Waals surface area contributed by atoms with Gasteiger partial charge in [0.2, 0.25) is 0 Å². The van der Waals surface area contributed by atoms with Crippen molar-refractivity contribution in [3.05, 3.63) is 83.9 Å². The number of hydrogen-bond acceptors (Lipinski definition) is 6. The van der Waals surface area contributed by atoms with Gasteiger partial charge in [0.05, 0.1) is 20.4 Å². The number of nitrogens with one attached hydrogen (secondary N) is 2. The molecular formula is C23H21N3O4S. The van der Waals surface area contributed by atoms with Crippen LogP contribution in [0.1, 0.15) is 15.9 Å². The number of para-hydroxylation sites is 2. The highest BCUT2D eigenvalue weighted by Crippen LogP contribution is 2.29. The number of anilines is 1. The molecular weight excluding hydrogens is 414 g/mol. The summed E-state index contributed by atoms with van der Waals surface area (Å²) >= 11 is 5.21. The van der Waals surface area contributed by atoms with Crippen molar-refractivity contribution in [3.8, 4) is 17.2 Å². The van der Waals surface area contributed by atoms with Crippen molar-refractivity contribution in [2.45, 2.75) is 0 Å². The van der Waals surface area contributed by atoms with E-state index in [1.54, 1.807) is 48.7 Å². The van der Waals surface area contributed by atoms with E-state index in [2.05, 4.69) is 15.8 Å². The molecule has 0 aliphatic carbocycles. The number of methoxy groups -OCH3 is 2. The largest absolute Gasteiger partial charge is 0.496 e. The smallest absolute Gasteiger partial charge is 0.347 e. The van der Waals surface area contributed by atoms with Gasteiger partial charge in [-0.1, -0.05) is 30.3 Å². The molecule has 7 nitrogen and oxygen atoms in total. The first-order valence-corrected chi connectivity index (χ1v) is 9.70. The molecule has 0 atom stereocenters. The van der Waals surface area contributed by atoms with Crippen LogP contribution in [0.5, 0.6) is 17.2 Å². The van der Waals surface area contributed by atoms with Crippen molar-refractivity contribution in [2.75, 3.05) is 19.5 Å². The highest BCUT2D eigenvalue weighted by Gasteiger charge is 2.16. The minimum atomic E-state index is -0.545. The van der Waals surface area contributed by atoms with Crippen LogP contribution in [-0.2, 0) is 0 Å². The molecule has 0 fully saturated rings. The van der Waals surface area contributed by atoms with Crippen LogP contribution in [-0.4, -0.2) is 31.5 Å². The summed E-state index contributed by atoms with van der Waals surface area (Å²) in [6, 6.07) is 21.4. The van der Waals surface area contributed by atoms with Crippen molar-refractivity contribution in [1.29, 1.82) is 0 Å². The van der Waals surface area contributed by atoms with E-state index in [1.165, 1.54) is 14.2 Å². The zero-order valence-electron chi connectivity index (χ0n) is 17.0. The Morgan fingerprint density at radius 2 is 1.61 bits per heavy atom. The number of hydrazone groups is 1. The third-order valence-electron chi connectivity index (χ3n) is 4.13. The van der Waals surface area contributed by atoms with Crippen LogP contribution in [0.3, 0.4) is 0 Å². The molecule has 0 saturated carbocycles. The van der Waals surface area contributed by atoms with Crippen LogP contribution in [0.25, 0.3) is 0 Å². The van der Waals surface area contributed by atoms with Crippen molar-refractivity contribution in [3.63, 3.8) is 0 Å². The summed E-state index contributed by atoms with van der Waals surface area (Å²) < 4.78 is 16.1. The van der Waals surface area contributed by atoms with Crippen LogP contribution in [0.4, 0.5) is 5.69 Å². The van der Waals surface area contributed by atoms with E-state index in [9.17, 15) is 4.79 Å². The molecule has 0 radical (unpaired) electrons. The molecule has 0 spiro atoms. The summed E-state index contributed by atoms with van der Waals surface area (Å²) in [5.74, 6) is 0.555. The Kier molecular flexibility index (Phi) is 7.56. The maximum absolute atomic E-state index is 12.5. The number of benzene rings is 3. The second-order valence-electron chi connectivity index (χ2n) is 6.19. The van der Waals surface area contributed by atoms with Crippen LogP contribution in [0, 0.1) is 0 Å². The molecule has 158 valence electrons. The molecule has 3 aromatic carbocycles. The standard InChI is InChI=1S/C23H21N3O4S/c1-28-19-11-7-6-10-18(19)22(27)30-20-13-12-16(14-21(20)29-2)15-24-26-23(31)25-17-8-4-3-5-9-17/h3-15H,1-2H3,(H2,25,26,31). The summed E-state index contributed by atoms with van der Waals surface area (Å²) in [5, 5.41) is 7.49. The van der Waals surface area contributed by atoms with Crippen LogP contribution < -0.4 is 25.0 Å². The predicted molar refractivity (Wildman–Crippen MR) is 124 cm³/mol. The van der Waals surface area contributed by atoms with E-state index in [4.69, 9.17) is 26.4 Å². The molecule has 31 heavy (non-hydrogen) atoms. The summed E-state index contributed by atoms with van der Waals surface area (Å²) in [4.78, 5) is 12.5. The number of esters is 1. The molecule has 3 rings (SSSR count). The topological polar surface area (TPSA) is 81.2 Å². The van der Waals surface area contributed by atoms with E-state index in [1.807, 2.05) is 30.3 Å². The molecule has 0 aromatic heterocycles. The summed E-state index contributed by atoms with van der Waals surface area (Å²) in [7, 11) is 2.99. The van der Waals surface area contributed by atoms with Gasteiger partial charge in [0.15, 0.2) is 16.6 Å². The predicted octanol–water partition coefficient (Wildman–Crippen LogP) is 4.24. The highest BCUT2D eigenvalue weighted by atomic mass is 32.1. The number of hydrogen-bond donors (Lipinski definition) is 2. The minimum absolute atomic E-state index is 0.282. The monoisotopic (exact) mass is 435 g/mol. The first-order valence-electron chi connectivity index (χ1n) is 9.29. The second kappa shape index (κ2) is 10.7. The Hall–Kier alpha value is -3.91. The maximum atomic E-state index is 12.5. The quantitative estimate of drug-likeness (QED) is 0.189. The Morgan fingerprint density at radius 3 is 2.35 bits per heavy atom. The van der Waals surface area contributed by atoms with Gasteiger partial charge in [-0.25, -0.2) is 4.79 Å². The molecule has 8 heteroatoms. The normalized spacial score (nSPS) is 10.4. The Labute approximate surface area is 185 Å². The maximum Gasteiger partial charge on any atom is 0.347 e. The molecule has 0 unspecified atom stereocenters. The van der Waals surface area contributed by atoms with E-state index in [-0.39, 0.29) is 5.75 Å². The van der Waals surface area contributed by atoms with Crippen LogP contribution >= 0.6 is 12.2 Å². The third kappa shape index (κ3) is 6.03. The molecule has 0 heterocycles. The van der Waals surface area contributed by atoms with Crippen LogP contribution in [0.2, 0.25) is 0 Å². The SMILES string of the molecule is COc1cc(C=NNC(=S)Nc2ccccc2)ccc1OC(=O)c1ccccc1OC. The molecule has 0 amide bonds. The van der Waals surface area contributed by atoms with Crippen molar-refractivity contribution in [1.82, 2.24) is 5.43 Å². The highest BCUT2D eigenvalue weighted by molar-refractivity contribution is 7.80. The molecule has 0 aliphatic heterocycles. The van der Waals surface area contributed by atoms with E-state index < -0.39 is 5.97 Å². The summed E-state index contributed by atoms with van der Waals surface area (Å²) in [6.45, 7) is 0. The Balaban J connectivity index is 1.64. The first kappa shape index (κ1) is 21.8. The van der Waals surface area contributed by atoms with Gasteiger partial charge in [-0.2, -0.15) is 5.10 Å². The van der Waals surface area contributed by atoms with E-state index in [0.29, 0.717) is 22.2 Å². The van der Waals surface area contributed by atoms with Gasteiger partial charge in [-0.3, -0.25) is 5.43 Å². The average Bonchev–Trinajstić information content (AvgIpc) is 2.80. The lowest BCUT2D eigenvalue weighted by molar-refractivity contribution is 0.0726. The Bertz CT molecular complexity index is 1090. The van der Waals surface area contributed by atoms with Gasteiger partial charge in [-0.15, -0.1) is 0 Å².